The summed E-state index contributed by atoms with van der Waals surface area (Å²) in [5.74, 6) is 0.766. The van der Waals surface area contributed by atoms with Crippen molar-refractivity contribution in [3.8, 4) is 11.5 Å². The van der Waals surface area contributed by atoms with Crippen molar-refractivity contribution >= 4 is 7.60 Å². The molecule has 0 aromatic heterocycles. The van der Waals surface area contributed by atoms with Gasteiger partial charge in [0.25, 0.3) is 0 Å². The maximum absolute atomic E-state index is 12.9. The van der Waals surface area contributed by atoms with Gasteiger partial charge in [-0.25, -0.2) is 4.57 Å². The fraction of sp³-hybridized carbons (Fsp3) is 0.200. The maximum Gasteiger partial charge on any atom is 0.461 e. The van der Waals surface area contributed by atoms with Crippen molar-refractivity contribution in [3.63, 3.8) is 0 Å². The molecule has 0 bridgehead atoms. The van der Waals surface area contributed by atoms with Crippen molar-refractivity contribution in [2.75, 3.05) is 0 Å². The summed E-state index contributed by atoms with van der Waals surface area (Å²) in [6, 6.07) is 17.3. The van der Waals surface area contributed by atoms with E-state index in [-0.39, 0.29) is 0 Å². The average Bonchev–Trinajstić information content (AvgIpc) is 2.39. The van der Waals surface area contributed by atoms with Gasteiger partial charge in [0.15, 0.2) is 5.34 Å². The number of benzene rings is 2. The zero-order valence-corrected chi connectivity index (χ0v) is 12.3. The Hall–Kier alpha value is -1.77. The molecule has 5 heteroatoms. The Labute approximate surface area is 118 Å². The maximum atomic E-state index is 12.9. The molecular formula is C15H17O4P. The monoisotopic (exact) mass is 292 g/mol. The van der Waals surface area contributed by atoms with Crippen molar-refractivity contribution < 1.29 is 18.7 Å². The number of rotatable bonds is 5. The minimum absolute atomic E-state index is 0.383. The summed E-state index contributed by atoms with van der Waals surface area (Å²) in [6.07, 6.45) is 0. The van der Waals surface area contributed by atoms with Gasteiger partial charge in [-0.05, 0) is 38.1 Å². The van der Waals surface area contributed by atoms with Crippen LogP contribution in [-0.2, 0) is 4.57 Å². The highest BCUT2D eigenvalue weighted by molar-refractivity contribution is 7.56. The van der Waals surface area contributed by atoms with Gasteiger partial charge in [0, 0.05) is 0 Å². The molecule has 0 spiro atoms. The van der Waals surface area contributed by atoms with Crippen LogP contribution in [0.2, 0.25) is 0 Å². The Morgan fingerprint density at radius 1 is 0.850 bits per heavy atom. The quantitative estimate of drug-likeness (QED) is 0.844. The summed E-state index contributed by atoms with van der Waals surface area (Å²) < 4.78 is 23.8. The molecule has 0 fully saturated rings. The third-order valence-electron chi connectivity index (χ3n) is 2.61. The topological polar surface area (TPSA) is 55.8 Å². The predicted octanol–water partition coefficient (Wildman–Crippen LogP) is 4.07. The number of para-hydroxylation sites is 2. The first-order valence-electron chi connectivity index (χ1n) is 6.22. The van der Waals surface area contributed by atoms with Crippen molar-refractivity contribution in [2.45, 2.75) is 19.2 Å². The van der Waals surface area contributed by atoms with Crippen LogP contribution in [-0.4, -0.2) is 10.4 Å². The lowest BCUT2D eigenvalue weighted by Gasteiger charge is -2.28. The smallest absolute Gasteiger partial charge is 0.414 e. The molecule has 0 heterocycles. The second kappa shape index (κ2) is 5.70. The van der Waals surface area contributed by atoms with Crippen LogP contribution in [0, 0.1) is 0 Å². The predicted molar refractivity (Wildman–Crippen MR) is 78.0 cm³/mol. The van der Waals surface area contributed by atoms with Crippen LogP contribution in [0.3, 0.4) is 0 Å². The molecule has 0 aliphatic carbocycles. The molecule has 2 aromatic rings. The van der Waals surface area contributed by atoms with Gasteiger partial charge in [0.05, 0.1) is 0 Å². The van der Waals surface area contributed by atoms with Crippen molar-refractivity contribution in [3.05, 3.63) is 60.7 Å². The van der Waals surface area contributed by atoms with E-state index in [0.717, 1.165) is 0 Å². The average molecular weight is 292 g/mol. The van der Waals surface area contributed by atoms with Crippen LogP contribution in [0.15, 0.2) is 60.7 Å². The molecule has 20 heavy (non-hydrogen) atoms. The lowest BCUT2D eigenvalue weighted by atomic mass is 10.3. The lowest BCUT2D eigenvalue weighted by Crippen LogP contribution is -2.25. The van der Waals surface area contributed by atoms with Crippen LogP contribution < -0.4 is 9.05 Å². The minimum atomic E-state index is -3.79. The van der Waals surface area contributed by atoms with E-state index in [4.69, 9.17) is 9.05 Å². The minimum Gasteiger partial charge on any atom is -0.414 e. The highest BCUT2D eigenvalue weighted by Gasteiger charge is 2.45. The fourth-order valence-corrected chi connectivity index (χ4v) is 2.76. The van der Waals surface area contributed by atoms with E-state index < -0.39 is 12.9 Å². The van der Waals surface area contributed by atoms with Crippen LogP contribution in [0.5, 0.6) is 11.5 Å². The number of hydrogen-bond acceptors (Lipinski definition) is 4. The van der Waals surface area contributed by atoms with Gasteiger partial charge in [-0.15, -0.1) is 0 Å². The first kappa shape index (κ1) is 14.6. The molecule has 0 radical (unpaired) electrons. The van der Waals surface area contributed by atoms with Crippen LogP contribution >= 0.6 is 7.60 Å². The van der Waals surface area contributed by atoms with Crippen LogP contribution in [0.4, 0.5) is 0 Å². The molecule has 0 saturated heterocycles. The summed E-state index contributed by atoms with van der Waals surface area (Å²) in [6.45, 7) is 2.80. The van der Waals surface area contributed by atoms with Gasteiger partial charge in [0.1, 0.15) is 11.5 Å². The molecule has 0 saturated carbocycles. The summed E-state index contributed by atoms with van der Waals surface area (Å²) in [7, 11) is -3.79. The van der Waals surface area contributed by atoms with Gasteiger partial charge in [-0.3, -0.25) is 0 Å². The molecular weight excluding hydrogens is 275 g/mol. The van der Waals surface area contributed by atoms with Gasteiger partial charge in [-0.1, -0.05) is 36.4 Å². The third-order valence-corrected chi connectivity index (χ3v) is 4.85. The number of aliphatic hydroxyl groups is 1. The Morgan fingerprint density at radius 2 is 1.20 bits per heavy atom. The third kappa shape index (κ3) is 3.41. The van der Waals surface area contributed by atoms with E-state index in [9.17, 15) is 9.67 Å². The molecule has 0 amide bonds. The van der Waals surface area contributed by atoms with Gasteiger partial charge >= 0.3 is 7.60 Å². The van der Waals surface area contributed by atoms with Gasteiger partial charge in [0.2, 0.25) is 0 Å². The summed E-state index contributed by atoms with van der Waals surface area (Å²) in [4.78, 5) is 0. The van der Waals surface area contributed by atoms with Gasteiger partial charge in [-0.2, -0.15) is 0 Å². The molecule has 4 nitrogen and oxygen atoms in total. The van der Waals surface area contributed by atoms with Crippen LogP contribution in [0.25, 0.3) is 0 Å². The second-order valence-electron chi connectivity index (χ2n) is 4.80. The van der Waals surface area contributed by atoms with E-state index in [1.807, 2.05) is 12.1 Å². The summed E-state index contributed by atoms with van der Waals surface area (Å²) >= 11 is 0. The number of hydrogen-bond donors (Lipinski definition) is 1. The Kier molecular flexibility index (Phi) is 4.17. The first-order chi connectivity index (χ1) is 9.41. The van der Waals surface area contributed by atoms with E-state index in [1.54, 1.807) is 48.5 Å². The van der Waals surface area contributed by atoms with Crippen molar-refractivity contribution in [2.24, 2.45) is 0 Å². The molecule has 0 unspecified atom stereocenters. The molecule has 0 aliphatic heterocycles. The molecule has 0 atom stereocenters. The molecule has 106 valence electrons. The standard InChI is InChI=1S/C15H17O4P/c1-15(2,16)20(17,18-13-9-5-3-6-10-13)19-14-11-7-4-8-12-14/h3-12,16H,1-2H3. The highest BCUT2D eigenvalue weighted by atomic mass is 31.2. The van der Waals surface area contributed by atoms with E-state index >= 15 is 0 Å². The van der Waals surface area contributed by atoms with E-state index in [2.05, 4.69) is 0 Å². The molecule has 2 aromatic carbocycles. The van der Waals surface area contributed by atoms with Crippen molar-refractivity contribution in [1.29, 1.82) is 0 Å². The summed E-state index contributed by atoms with van der Waals surface area (Å²) in [5, 5.41) is 8.52. The molecule has 0 aliphatic rings. The largest absolute Gasteiger partial charge is 0.461 e. The van der Waals surface area contributed by atoms with Crippen molar-refractivity contribution in [1.82, 2.24) is 0 Å². The Bertz CT molecular complexity index is 545. The molecule has 2 rings (SSSR count). The SMILES string of the molecule is CC(C)(O)P(=O)(Oc1ccccc1)Oc1ccccc1. The summed E-state index contributed by atoms with van der Waals surface area (Å²) in [5.41, 5.74) is 0. The highest BCUT2D eigenvalue weighted by Crippen LogP contribution is 2.57. The lowest BCUT2D eigenvalue weighted by molar-refractivity contribution is 0.132. The zero-order chi connectivity index (χ0) is 14.6. The van der Waals surface area contributed by atoms with Crippen LogP contribution in [0.1, 0.15) is 13.8 Å². The van der Waals surface area contributed by atoms with Gasteiger partial charge < -0.3 is 14.2 Å². The second-order valence-corrected chi connectivity index (χ2v) is 7.26. The Morgan fingerprint density at radius 3 is 1.50 bits per heavy atom. The zero-order valence-electron chi connectivity index (χ0n) is 11.4. The van der Waals surface area contributed by atoms with E-state index in [1.165, 1.54) is 13.8 Å². The Balaban J connectivity index is 2.30. The first-order valence-corrected chi connectivity index (χ1v) is 7.77. The van der Waals surface area contributed by atoms with E-state index in [0.29, 0.717) is 11.5 Å². The molecule has 1 N–H and O–H groups in total. The normalized spacial score (nSPS) is 11.9. The fourth-order valence-electron chi connectivity index (χ4n) is 1.48.